The van der Waals surface area contributed by atoms with Crippen LogP contribution in [0.2, 0.25) is 5.02 Å². The molecule has 3 rings (SSSR count). The highest BCUT2D eigenvalue weighted by atomic mass is 35.5. The maximum absolute atomic E-state index is 12.4. The number of benzene rings is 2. The smallest absolute Gasteiger partial charge is 0.269 e. The van der Waals surface area contributed by atoms with Crippen molar-refractivity contribution < 1.29 is 19.0 Å². The number of para-hydroxylation sites is 2. The Balaban J connectivity index is 1.77. The molecule has 5 nitrogen and oxygen atoms in total. The van der Waals surface area contributed by atoms with Crippen LogP contribution in [0, 0.1) is 6.92 Å². The Morgan fingerprint density at radius 2 is 2.04 bits per heavy atom. The predicted molar refractivity (Wildman–Crippen MR) is 87.7 cm³/mol. The van der Waals surface area contributed by atoms with Crippen LogP contribution in [0.3, 0.4) is 0 Å². The van der Waals surface area contributed by atoms with Crippen LogP contribution in [0.4, 0.5) is 5.69 Å². The zero-order valence-electron chi connectivity index (χ0n) is 12.8. The van der Waals surface area contributed by atoms with E-state index in [-0.39, 0.29) is 12.5 Å². The fourth-order valence-corrected chi connectivity index (χ4v) is 2.45. The lowest BCUT2D eigenvalue weighted by atomic mass is 10.2. The lowest BCUT2D eigenvalue weighted by Crippen LogP contribution is -2.40. The van der Waals surface area contributed by atoms with Crippen LogP contribution in [0.5, 0.6) is 17.2 Å². The molecule has 1 aliphatic rings. The molecular formula is C17H16ClNO4. The minimum atomic E-state index is -0.731. The minimum absolute atomic E-state index is 0.151. The van der Waals surface area contributed by atoms with E-state index in [1.807, 2.05) is 19.1 Å². The molecule has 2 aromatic rings. The third kappa shape index (κ3) is 3.19. The van der Waals surface area contributed by atoms with Crippen molar-refractivity contribution in [1.29, 1.82) is 0 Å². The van der Waals surface area contributed by atoms with Gasteiger partial charge in [-0.1, -0.05) is 23.7 Å². The number of fused-ring (bicyclic) bond motifs is 1. The number of halogens is 1. The molecule has 23 heavy (non-hydrogen) atoms. The van der Waals surface area contributed by atoms with E-state index >= 15 is 0 Å². The third-order valence-corrected chi connectivity index (χ3v) is 3.95. The number of ether oxygens (including phenoxy) is 3. The molecule has 0 spiro atoms. The molecule has 1 heterocycles. The van der Waals surface area contributed by atoms with Crippen LogP contribution < -0.4 is 19.5 Å². The SMILES string of the molecule is COc1cc(Cl)c(C)cc1NC(=O)[C@@H]1COc2ccccc2O1. The van der Waals surface area contributed by atoms with Gasteiger partial charge < -0.3 is 19.5 Å². The molecule has 0 saturated carbocycles. The van der Waals surface area contributed by atoms with E-state index in [1.54, 1.807) is 24.3 Å². The van der Waals surface area contributed by atoms with E-state index in [2.05, 4.69) is 5.32 Å². The van der Waals surface area contributed by atoms with Crippen molar-refractivity contribution >= 4 is 23.2 Å². The van der Waals surface area contributed by atoms with Gasteiger partial charge in [-0.25, -0.2) is 0 Å². The third-order valence-electron chi connectivity index (χ3n) is 3.54. The molecule has 0 unspecified atom stereocenters. The number of rotatable bonds is 3. The summed E-state index contributed by atoms with van der Waals surface area (Å²) in [4.78, 5) is 12.4. The summed E-state index contributed by atoms with van der Waals surface area (Å²) in [6.45, 7) is 2.01. The van der Waals surface area contributed by atoms with Crippen LogP contribution >= 0.6 is 11.6 Å². The Kier molecular flexibility index (Phi) is 4.30. The number of aryl methyl sites for hydroxylation is 1. The van der Waals surface area contributed by atoms with Crippen molar-refractivity contribution in [3.63, 3.8) is 0 Å². The molecule has 1 atom stereocenters. The van der Waals surface area contributed by atoms with Crippen molar-refractivity contribution in [3.05, 3.63) is 47.0 Å². The first-order chi connectivity index (χ1) is 11.1. The average molecular weight is 334 g/mol. The van der Waals surface area contributed by atoms with Crippen LogP contribution in [0.1, 0.15) is 5.56 Å². The fraction of sp³-hybridized carbons (Fsp3) is 0.235. The Hall–Kier alpha value is -2.40. The lowest BCUT2D eigenvalue weighted by Gasteiger charge is -2.25. The molecule has 1 N–H and O–H groups in total. The molecular weight excluding hydrogens is 318 g/mol. The standard InChI is InChI=1S/C17H16ClNO4/c1-10-7-12(15(21-2)8-11(10)18)19-17(20)16-9-22-13-5-3-4-6-14(13)23-16/h3-8,16H,9H2,1-2H3,(H,19,20)/t16-/m0/s1. The predicted octanol–water partition coefficient (Wildman–Crippen LogP) is 3.44. The first kappa shape index (κ1) is 15.5. The summed E-state index contributed by atoms with van der Waals surface area (Å²) in [5.74, 6) is 1.38. The first-order valence-corrected chi connectivity index (χ1v) is 7.50. The fourth-order valence-electron chi connectivity index (χ4n) is 2.29. The van der Waals surface area contributed by atoms with Crippen LogP contribution in [0.15, 0.2) is 36.4 Å². The number of anilines is 1. The van der Waals surface area contributed by atoms with Crippen LogP contribution in [-0.2, 0) is 4.79 Å². The summed E-state index contributed by atoms with van der Waals surface area (Å²) in [5, 5.41) is 3.38. The van der Waals surface area contributed by atoms with Crippen LogP contribution in [0.25, 0.3) is 0 Å². The van der Waals surface area contributed by atoms with Gasteiger partial charge in [-0.3, -0.25) is 4.79 Å². The highest BCUT2D eigenvalue weighted by Gasteiger charge is 2.28. The topological polar surface area (TPSA) is 56.8 Å². The van der Waals surface area contributed by atoms with Crippen molar-refractivity contribution in [2.45, 2.75) is 13.0 Å². The van der Waals surface area contributed by atoms with Gasteiger partial charge in [0.2, 0.25) is 6.10 Å². The Morgan fingerprint density at radius 3 is 2.78 bits per heavy atom. The van der Waals surface area contributed by atoms with E-state index in [4.69, 9.17) is 25.8 Å². The molecule has 1 amide bonds. The average Bonchev–Trinajstić information content (AvgIpc) is 2.57. The summed E-state index contributed by atoms with van der Waals surface area (Å²) < 4.78 is 16.5. The molecule has 0 bridgehead atoms. The first-order valence-electron chi connectivity index (χ1n) is 7.12. The molecule has 0 aromatic heterocycles. The van der Waals surface area contributed by atoms with Gasteiger partial charge in [-0.05, 0) is 30.7 Å². The quantitative estimate of drug-likeness (QED) is 0.935. The van der Waals surface area contributed by atoms with Gasteiger partial charge in [0.05, 0.1) is 12.8 Å². The number of carbonyl (C=O) groups is 1. The molecule has 1 aliphatic heterocycles. The number of methoxy groups -OCH3 is 1. The van der Waals surface area contributed by atoms with Gasteiger partial charge in [0.15, 0.2) is 11.5 Å². The van der Waals surface area contributed by atoms with E-state index in [0.29, 0.717) is 28.0 Å². The van der Waals surface area contributed by atoms with Crippen molar-refractivity contribution in [1.82, 2.24) is 0 Å². The molecule has 0 saturated heterocycles. The molecule has 6 heteroatoms. The molecule has 2 aromatic carbocycles. The van der Waals surface area contributed by atoms with Crippen molar-refractivity contribution in [3.8, 4) is 17.2 Å². The summed E-state index contributed by atoms with van der Waals surface area (Å²) in [6, 6.07) is 10.7. The maximum atomic E-state index is 12.4. The van der Waals surface area contributed by atoms with Gasteiger partial charge in [0, 0.05) is 11.1 Å². The Morgan fingerprint density at radius 1 is 1.30 bits per heavy atom. The Labute approximate surface area is 139 Å². The number of amides is 1. The molecule has 0 aliphatic carbocycles. The minimum Gasteiger partial charge on any atom is -0.495 e. The molecule has 0 radical (unpaired) electrons. The van der Waals surface area contributed by atoms with Crippen molar-refractivity contribution in [2.24, 2.45) is 0 Å². The van der Waals surface area contributed by atoms with E-state index in [0.717, 1.165) is 5.56 Å². The monoisotopic (exact) mass is 333 g/mol. The highest BCUT2D eigenvalue weighted by molar-refractivity contribution is 6.31. The summed E-state index contributed by atoms with van der Waals surface area (Å²) in [7, 11) is 1.52. The second-order valence-corrected chi connectivity index (χ2v) is 5.56. The van der Waals surface area contributed by atoms with E-state index < -0.39 is 6.10 Å². The van der Waals surface area contributed by atoms with Gasteiger partial charge in [-0.2, -0.15) is 0 Å². The largest absolute Gasteiger partial charge is 0.495 e. The van der Waals surface area contributed by atoms with Gasteiger partial charge in [0.1, 0.15) is 12.4 Å². The Bertz CT molecular complexity index is 747. The lowest BCUT2D eigenvalue weighted by molar-refractivity contribution is -0.125. The number of nitrogens with one attached hydrogen (secondary N) is 1. The van der Waals surface area contributed by atoms with Gasteiger partial charge in [-0.15, -0.1) is 0 Å². The number of carbonyl (C=O) groups excluding carboxylic acids is 1. The summed E-state index contributed by atoms with van der Waals surface area (Å²) >= 11 is 6.07. The second kappa shape index (κ2) is 6.38. The highest BCUT2D eigenvalue weighted by Crippen LogP contribution is 2.33. The van der Waals surface area contributed by atoms with Gasteiger partial charge in [0.25, 0.3) is 5.91 Å². The van der Waals surface area contributed by atoms with Crippen molar-refractivity contribution in [2.75, 3.05) is 19.0 Å². The summed E-state index contributed by atoms with van der Waals surface area (Å²) in [6.07, 6.45) is -0.731. The second-order valence-electron chi connectivity index (χ2n) is 5.16. The van der Waals surface area contributed by atoms with E-state index in [1.165, 1.54) is 7.11 Å². The zero-order valence-corrected chi connectivity index (χ0v) is 13.5. The summed E-state index contributed by atoms with van der Waals surface area (Å²) in [5.41, 5.74) is 1.38. The number of hydrogen-bond donors (Lipinski definition) is 1. The van der Waals surface area contributed by atoms with E-state index in [9.17, 15) is 4.79 Å². The molecule has 120 valence electrons. The zero-order chi connectivity index (χ0) is 16.4. The van der Waals surface area contributed by atoms with Gasteiger partial charge >= 0.3 is 0 Å². The molecule has 0 fully saturated rings. The number of hydrogen-bond acceptors (Lipinski definition) is 4. The normalized spacial score (nSPS) is 15.9. The van der Waals surface area contributed by atoms with Crippen LogP contribution in [-0.4, -0.2) is 25.7 Å². The maximum Gasteiger partial charge on any atom is 0.269 e.